The van der Waals surface area contributed by atoms with Crippen LogP contribution in [0.3, 0.4) is 0 Å². The van der Waals surface area contributed by atoms with Gasteiger partial charge >= 0.3 is 0 Å². The first-order valence-corrected chi connectivity index (χ1v) is 7.09. The number of hydrogen-bond acceptors (Lipinski definition) is 1. The van der Waals surface area contributed by atoms with Gasteiger partial charge in [-0.05, 0) is 49.2 Å². The highest BCUT2D eigenvalue weighted by Gasteiger charge is 2.15. The molecule has 0 saturated heterocycles. The van der Waals surface area contributed by atoms with Crippen LogP contribution in [0.4, 0.5) is 5.69 Å². The van der Waals surface area contributed by atoms with Crippen LogP contribution >= 0.6 is 11.6 Å². The summed E-state index contributed by atoms with van der Waals surface area (Å²) in [6, 6.07) is 13.3. The molecule has 0 spiro atoms. The molecule has 21 heavy (non-hydrogen) atoms. The zero-order chi connectivity index (χ0) is 15.0. The van der Waals surface area contributed by atoms with E-state index in [9.17, 15) is 4.79 Å². The maximum absolute atomic E-state index is 12.5. The number of nitrogens with one attached hydrogen (secondary N) is 2. The average molecular weight is 299 g/mol. The summed E-state index contributed by atoms with van der Waals surface area (Å²) in [7, 11) is 0. The normalized spacial score (nSPS) is 10.8. The molecule has 1 amide bonds. The number of amides is 1. The largest absolute Gasteiger partial charge is 0.350 e. The third-order valence-electron chi connectivity index (χ3n) is 3.63. The minimum absolute atomic E-state index is 0.144. The van der Waals surface area contributed by atoms with E-state index in [2.05, 4.69) is 10.3 Å². The number of aromatic nitrogens is 1. The molecule has 1 heterocycles. The summed E-state index contributed by atoms with van der Waals surface area (Å²) in [5.74, 6) is -0.144. The predicted molar refractivity (Wildman–Crippen MR) is 87.2 cm³/mol. The van der Waals surface area contributed by atoms with Crippen molar-refractivity contribution < 1.29 is 4.79 Å². The van der Waals surface area contributed by atoms with Crippen LogP contribution in [0.15, 0.2) is 42.5 Å². The molecule has 0 aliphatic rings. The molecule has 0 unspecified atom stereocenters. The van der Waals surface area contributed by atoms with Crippen LogP contribution in [0.1, 0.15) is 21.6 Å². The number of anilines is 1. The van der Waals surface area contributed by atoms with Gasteiger partial charge in [0.15, 0.2) is 0 Å². The van der Waals surface area contributed by atoms with Gasteiger partial charge in [0.25, 0.3) is 5.91 Å². The molecule has 3 nitrogen and oxygen atoms in total. The topological polar surface area (TPSA) is 44.9 Å². The maximum atomic E-state index is 12.5. The van der Waals surface area contributed by atoms with E-state index in [1.807, 2.05) is 50.2 Å². The second-order valence-electron chi connectivity index (χ2n) is 5.08. The molecule has 0 aliphatic heterocycles. The van der Waals surface area contributed by atoms with Gasteiger partial charge in [0.2, 0.25) is 0 Å². The lowest BCUT2D eigenvalue weighted by atomic mass is 10.1. The van der Waals surface area contributed by atoms with Crippen LogP contribution in [-0.2, 0) is 0 Å². The minimum atomic E-state index is -0.144. The van der Waals surface area contributed by atoms with Crippen molar-refractivity contribution in [2.75, 3.05) is 5.32 Å². The number of para-hydroxylation sites is 1. The molecule has 106 valence electrons. The summed E-state index contributed by atoms with van der Waals surface area (Å²) in [5, 5.41) is 4.65. The zero-order valence-corrected chi connectivity index (χ0v) is 12.6. The summed E-state index contributed by atoms with van der Waals surface area (Å²) in [6.07, 6.45) is 0. The van der Waals surface area contributed by atoms with Crippen molar-refractivity contribution in [3.05, 3.63) is 64.3 Å². The highest BCUT2D eigenvalue weighted by Crippen LogP contribution is 2.24. The minimum Gasteiger partial charge on any atom is -0.350 e. The summed E-state index contributed by atoms with van der Waals surface area (Å²) in [5.41, 5.74) is 4.21. The van der Waals surface area contributed by atoms with Gasteiger partial charge < -0.3 is 10.3 Å². The molecule has 2 aromatic carbocycles. The van der Waals surface area contributed by atoms with Crippen LogP contribution in [0.25, 0.3) is 10.9 Å². The van der Waals surface area contributed by atoms with Crippen molar-refractivity contribution in [2.45, 2.75) is 13.8 Å². The van der Waals surface area contributed by atoms with Crippen LogP contribution in [0.2, 0.25) is 5.02 Å². The molecule has 1 aromatic heterocycles. The number of H-pyrrole nitrogens is 1. The third kappa shape index (κ3) is 2.52. The van der Waals surface area contributed by atoms with Crippen molar-refractivity contribution in [1.82, 2.24) is 4.98 Å². The summed E-state index contributed by atoms with van der Waals surface area (Å²) in [6.45, 7) is 3.86. The van der Waals surface area contributed by atoms with Gasteiger partial charge in [-0.25, -0.2) is 0 Å². The first-order chi connectivity index (χ1) is 10.1. The van der Waals surface area contributed by atoms with Crippen molar-refractivity contribution >= 4 is 34.1 Å². The molecule has 4 heteroatoms. The molecule has 2 N–H and O–H groups in total. The highest BCUT2D eigenvalue weighted by molar-refractivity contribution is 6.30. The lowest BCUT2D eigenvalue weighted by Crippen LogP contribution is -2.14. The van der Waals surface area contributed by atoms with Crippen molar-refractivity contribution in [2.24, 2.45) is 0 Å². The first kappa shape index (κ1) is 13.7. The van der Waals surface area contributed by atoms with Gasteiger partial charge in [0, 0.05) is 21.6 Å². The van der Waals surface area contributed by atoms with E-state index in [1.165, 1.54) is 0 Å². The second-order valence-corrected chi connectivity index (χ2v) is 5.52. The Labute approximate surface area is 127 Å². The molecule has 0 fully saturated rings. The van der Waals surface area contributed by atoms with E-state index in [-0.39, 0.29) is 5.91 Å². The van der Waals surface area contributed by atoms with Gasteiger partial charge in [-0.3, -0.25) is 4.79 Å². The number of fused-ring (bicyclic) bond motifs is 1. The number of benzene rings is 2. The molecular weight excluding hydrogens is 284 g/mol. The van der Waals surface area contributed by atoms with Gasteiger partial charge in [0.05, 0.1) is 0 Å². The van der Waals surface area contributed by atoms with Crippen molar-refractivity contribution in [3.8, 4) is 0 Å². The molecule has 3 rings (SSSR count). The summed E-state index contributed by atoms with van der Waals surface area (Å²) >= 11 is 5.93. The molecular formula is C17H15ClN2O. The first-order valence-electron chi connectivity index (χ1n) is 6.71. The van der Waals surface area contributed by atoms with Gasteiger partial charge in [-0.1, -0.05) is 29.8 Å². The van der Waals surface area contributed by atoms with Crippen molar-refractivity contribution in [3.63, 3.8) is 0 Å². The Morgan fingerprint density at radius 3 is 2.62 bits per heavy atom. The highest BCUT2D eigenvalue weighted by atomic mass is 35.5. The van der Waals surface area contributed by atoms with Crippen LogP contribution < -0.4 is 5.32 Å². The Morgan fingerprint density at radius 2 is 1.90 bits per heavy atom. The molecule has 3 aromatic rings. The smallest absolute Gasteiger partial charge is 0.272 e. The fourth-order valence-electron chi connectivity index (χ4n) is 2.46. The number of rotatable bonds is 2. The zero-order valence-electron chi connectivity index (χ0n) is 11.8. The SMILES string of the molecule is Cc1cc(Cl)ccc1NC(=O)c1[nH]c2ccccc2c1C. The Hall–Kier alpha value is -2.26. The van der Waals surface area contributed by atoms with E-state index >= 15 is 0 Å². The Balaban J connectivity index is 1.95. The molecule has 0 bridgehead atoms. The fourth-order valence-corrected chi connectivity index (χ4v) is 2.69. The van der Waals surface area contributed by atoms with Gasteiger partial charge in [0.1, 0.15) is 5.69 Å². The number of carbonyl (C=O) groups is 1. The van der Waals surface area contributed by atoms with E-state index in [4.69, 9.17) is 11.6 Å². The monoisotopic (exact) mass is 298 g/mol. The Morgan fingerprint density at radius 1 is 1.14 bits per heavy atom. The van der Waals surface area contributed by atoms with E-state index in [0.717, 1.165) is 27.7 Å². The summed E-state index contributed by atoms with van der Waals surface area (Å²) in [4.78, 5) is 15.6. The number of aromatic amines is 1. The fraction of sp³-hybridized carbons (Fsp3) is 0.118. The van der Waals surface area contributed by atoms with Crippen LogP contribution in [0.5, 0.6) is 0 Å². The van der Waals surface area contributed by atoms with Crippen molar-refractivity contribution in [1.29, 1.82) is 0 Å². The summed E-state index contributed by atoms with van der Waals surface area (Å²) < 4.78 is 0. The second kappa shape index (κ2) is 5.26. The quantitative estimate of drug-likeness (QED) is 0.708. The number of aryl methyl sites for hydroxylation is 2. The van der Waals surface area contributed by atoms with Crippen LogP contribution in [0, 0.1) is 13.8 Å². The number of halogens is 1. The molecule has 0 saturated carbocycles. The van der Waals surface area contributed by atoms with E-state index < -0.39 is 0 Å². The average Bonchev–Trinajstić information content (AvgIpc) is 2.80. The lowest BCUT2D eigenvalue weighted by Gasteiger charge is -2.08. The predicted octanol–water partition coefficient (Wildman–Crippen LogP) is 4.69. The number of hydrogen-bond donors (Lipinski definition) is 2. The third-order valence-corrected chi connectivity index (χ3v) is 3.86. The molecule has 0 atom stereocenters. The maximum Gasteiger partial charge on any atom is 0.272 e. The number of carbonyl (C=O) groups excluding carboxylic acids is 1. The standard InChI is InChI=1S/C17H15ClN2O/c1-10-9-12(18)7-8-14(10)20-17(21)16-11(2)13-5-3-4-6-15(13)19-16/h3-9,19H,1-2H3,(H,20,21). The Bertz CT molecular complexity index is 836. The van der Waals surface area contributed by atoms with E-state index in [0.29, 0.717) is 10.7 Å². The van der Waals surface area contributed by atoms with Crippen LogP contribution in [-0.4, -0.2) is 10.9 Å². The van der Waals surface area contributed by atoms with E-state index in [1.54, 1.807) is 6.07 Å². The van der Waals surface area contributed by atoms with Gasteiger partial charge in [-0.2, -0.15) is 0 Å². The molecule has 0 radical (unpaired) electrons. The van der Waals surface area contributed by atoms with Gasteiger partial charge in [-0.15, -0.1) is 0 Å². The Kier molecular flexibility index (Phi) is 3.43. The molecule has 0 aliphatic carbocycles. The lowest BCUT2D eigenvalue weighted by molar-refractivity contribution is 0.102.